The molecule has 168 valence electrons. The number of imidazole rings is 1. The van der Waals surface area contributed by atoms with Crippen molar-refractivity contribution >= 4 is 35.0 Å². The molecule has 3 heterocycles. The fourth-order valence-electron chi connectivity index (χ4n) is 3.69. The lowest BCUT2D eigenvalue weighted by molar-refractivity contribution is 0.0951. The molecule has 0 aliphatic heterocycles. The number of amides is 1. The van der Waals surface area contributed by atoms with Crippen molar-refractivity contribution in [1.82, 2.24) is 29.5 Å². The summed E-state index contributed by atoms with van der Waals surface area (Å²) in [5.74, 6) is 0.540. The van der Waals surface area contributed by atoms with Crippen LogP contribution in [-0.2, 0) is 13.6 Å². The molecule has 0 bridgehead atoms. The van der Waals surface area contributed by atoms with Crippen LogP contribution in [0.3, 0.4) is 0 Å². The number of benzene rings is 1. The number of carbonyl (C=O) groups excluding carboxylic acids is 1. The fraction of sp³-hybridized carbons (Fsp3) is 0.250. The van der Waals surface area contributed by atoms with Gasteiger partial charge in [0.1, 0.15) is 0 Å². The minimum Gasteiger partial charge on any atom is -0.361 e. The predicted octanol–water partition coefficient (Wildman–Crippen LogP) is 4.32. The number of hydrogen-bond acceptors (Lipinski definition) is 5. The molecule has 0 unspecified atom stereocenters. The van der Waals surface area contributed by atoms with E-state index >= 15 is 0 Å². The molecule has 8 nitrogen and oxygen atoms in total. The maximum Gasteiger partial charge on any atom is 0.253 e. The molecule has 1 amide bonds. The summed E-state index contributed by atoms with van der Waals surface area (Å²) in [7, 11) is 1.90. The Morgan fingerprint density at radius 3 is 2.85 bits per heavy atom. The van der Waals surface area contributed by atoms with Crippen LogP contribution in [0.2, 0.25) is 5.02 Å². The van der Waals surface area contributed by atoms with Crippen molar-refractivity contribution in [3.63, 3.8) is 0 Å². The normalized spacial score (nSPS) is 13.7. The number of fused-ring (bicyclic) bond motifs is 1. The summed E-state index contributed by atoms with van der Waals surface area (Å²) >= 11 is 6.50. The van der Waals surface area contributed by atoms with E-state index in [1.165, 1.54) is 0 Å². The maximum absolute atomic E-state index is 12.4. The summed E-state index contributed by atoms with van der Waals surface area (Å²) in [5, 5.41) is 11.0. The van der Waals surface area contributed by atoms with Crippen molar-refractivity contribution in [2.45, 2.75) is 32.4 Å². The Balaban J connectivity index is 1.51. The van der Waals surface area contributed by atoms with E-state index in [-0.39, 0.29) is 11.9 Å². The van der Waals surface area contributed by atoms with Crippen LogP contribution in [0.5, 0.6) is 0 Å². The predicted molar refractivity (Wildman–Crippen MR) is 129 cm³/mol. The number of nitrogens with one attached hydrogen (secondary N) is 2. The topological polar surface area (TPSA) is 89.1 Å². The van der Waals surface area contributed by atoms with Gasteiger partial charge in [-0.1, -0.05) is 23.7 Å². The second kappa shape index (κ2) is 8.71. The Kier molecular flexibility index (Phi) is 5.60. The summed E-state index contributed by atoms with van der Waals surface area (Å²) in [6, 6.07) is 7.72. The summed E-state index contributed by atoms with van der Waals surface area (Å²) < 4.78 is 3.81. The molecule has 1 saturated carbocycles. The van der Waals surface area contributed by atoms with Crippen LogP contribution in [-0.4, -0.2) is 36.1 Å². The van der Waals surface area contributed by atoms with Gasteiger partial charge >= 0.3 is 0 Å². The monoisotopic (exact) mass is 461 g/mol. The minimum absolute atomic E-state index is 0.131. The number of aryl methyl sites for hydroxylation is 1. The van der Waals surface area contributed by atoms with Gasteiger partial charge in [0.05, 0.1) is 40.4 Å². The van der Waals surface area contributed by atoms with Crippen LogP contribution in [0.4, 0.5) is 5.82 Å². The fourth-order valence-corrected chi connectivity index (χ4v) is 3.95. The van der Waals surface area contributed by atoms with Gasteiger partial charge in [-0.3, -0.25) is 13.9 Å². The SMILES string of the molecule is C/C=C/c1cn2c(-c3ccc(C(=O)NC4CC4)c(Cl)c3)cnc2c(NCc2ccnn2C)n1. The number of halogens is 1. The van der Waals surface area contributed by atoms with Gasteiger partial charge in [0.25, 0.3) is 5.91 Å². The standard InChI is InChI=1S/C24H24ClN7O/c1-3-4-17-14-32-21(15-5-8-19(20(25)11-15)24(33)30-16-6-7-16)13-27-23(32)22(29-17)26-12-18-9-10-28-31(18)2/h3-5,8-11,13-14,16H,6-7,12H2,1-2H3,(H,26,29)(H,30,33)/b4-3+. The Morgan fingerprint density at radius 1 is 1.30 bits per heavy atom. The van der Waals surface area contributed by atoms with E-state index < -0.39 is 0 Å². The lowest BCUT2D eigenvalue weighted by Crippen LogP contribution is -2.25. The first-order valence-corrected chi connectivity index (χ1v) is 11.2. The number of anilines is 1. The zero-order chi connectivity index (χ0) is 22.9. The number of hydrogen-bond donors (Lipinski definition) is 2. The van der Waals surface area contributed by atoms with Gasteiger partial charge in [0, 0.05) is 31.0 Å². The minimum atomic E-state index is -0.131. The van der Waals surface area contributed by atoms with E-state index in [0.29, 0.717) is 28.6 Å². The summed E-state index contributed by atoms with van der Waals surface area (Å²) in [6.07, 6.45) is 11.4. The van der Waals surface area contributed by atoms with Crippen molar-refractivity contribution < 1.29 is 4.79 Å². The molecule has 0 saturated heterocycles. The molecule has 9 heteroatoms. The molecule has 1 aliphatic rings. The molecular formula is C24H24ClN7O. The van der Waals surface area contributed by atoms with E-state index in [1.807, 2.05) is 59.6 Å². The average Bonchev–Trinajstić information content (AvgIpc) is 3.35. The van der Waals surface area contributed by atoms with Gasteiger partial charge in [0.15, 0.2) is 11.5 Å². The van der Waals surface area contributed by atoms with Crippen LogP contribution in [0.15, 0.2) is 48.9 Å². The van der Waals surface area contributed by atoms with Crippen molar-refractivity contribution in [3.05, 3.63) is 70.9 Å². The molecule has 3 aromatic heterocycles. The van der Waals surface area contributed by atoms with Crippen LogP contribution in [0.1, 0.15) is 41.5 Å². The molecule has 1 aromatic carbocycles. The first-order valence-electron chi connectivity index (χ1n) is 10.9. The highest BCUT2D eigenvalue weighted by Crippen LogP contribution is 2.29. The molecule has 0 spiro atoms. The molecule has 0 radical (unpaired) electrons. The first-order chi connectivity index (χ1) is 16.0. The average molecular weight is 462 g/mol. The number of rotatable bonds is 7. The van der Waals surface area contributed by atoms with Gasteiger partial charge < -0.3 is 10.6 Å². The van der Waals surface area contributed by atoms with Gasteiger partial charge in [-0.2, -0.15) is 5.10 Å². The molecule has 1 aliphatic carbocycles. The largest absolute Gasteiger partial charge is 0.361 e. The van der Waals surface area contributed by atoms with Crippen molar-refractivity contribution in [1.29, 1.82) is 0 Å². The second-order valence-corrected chi connectivity index (χ2v) is 8.50. The number of allylic oxidation sites excluding steroid dienone is 1. The second-order valence-electron chi connectivity index (χ2n) is 8.09. The van der Waals surface area contributed by atoms with Gasteiger partial charge in [-0.25, -0.2) is 9.97 Å². The number of nitrogens with zero attached hydrogens (tertiary/aromatic N) is 5. The molecule has 1 fully saturated rings. The summed E-state index contributed by atoms with van der Waals surface area (Å²) in [4.78, 5) is 21.8. The Labute approximate surface area is 196 Å². The van der Waals surface area contributed by atoms with Crippen LogP contribution in [0.25, 0.3) is 23.0 Å². The maximum atomic E-state index is 12.4. The molecular weight excluding hydrogens is 438 g/mol. The van der Waals surface area contributed by atoms with E-state index in [4.69, 9.17) is 16.6 Å². The molecule has 5 rings (SSSR count). The summed E-state index contributed by atoms with van der Waals surface area (Å²) in [6.45, 7) is 2.52. The highest BCUT2D eigenvalue weighted by atomic mass is 35.5. The highest BCUT2D eigenvalue weighted by Gasteiger charge is 2.25. The van der Waals surface area contributed by atoms with Gasteiger partial charge in [0.2, 0.25) is 0 Å². The lowest BCUT2D eigenvalue weighted by atomic mass is 10.1. The third kappa shape index (κ3) is 4.34. The Bertz CT molecular complexity index is 1370. The van der Waals surface area contributed by atoms with Crippen molar-refractivity contribution in [3.8, 4) is 11.3 Å². The van der Waals surface area contributed by atoms with E-state index in [2.05, 4.69) is 20.7 Å². The van der Waals surface area contributed by atoms with Crippen molar-refractivity contribution in [2.24, 2.45) is 7.05 Å². The molecule has 33 heavy (non-hydrogen) atoms. The summed E-state index contributed by atoms with van der Waals surface area (Å²) in [5.41, 5.74) is 4.74. The third-order valence-electron chi connectivity index (χ3n) is 5.63. The van der Waals surface area contributed by atoms with E-state index in [1.54, 1.807) is 18.5 Å². The third-order valence-corrected chi connectivity index (χ3v) is 5.94. The molecule has 0 atom stereocenters. The number of aromatic nitrogens is 5. The van der Waals surface area contributed by atoms with Gasteiger partial charge in [-0.15, -0.1) is 0 Å². The smallest absolute Gasteiger partial charge is 0.253 e. The van der Waals surface area contributed by atoms with E-state index in [9.17, 15) is 4.79 Å². The highest BCUT2D eigenvalue weighted by molar-refractivity contribution is 6.34. The molecule has 4 aromatic rings. The lowest BCUT2D eigenvalue weighted by Gasteiger charge is -2.11. The van der Waals surface area contributed by atoms with Crippen LogP contribution >= 0.6 is 11.6 Å². The zero-order valence-electron chi connectivity index (χ0n) is 18.4. The molecule has 2 N–H and O–H groups in total. The number of carbonyl (C=O) groups is 1. The quantitative estimate of drug-likeness (QED) is 0.428. The Morgan fingerprint density at radius 2 is 2.15 bits per heavy atom. The van der Waals surface area contributed by atoms with Gasteiger partial charge in [-0.05, 0) is 44.0 Å². The zero-order valence-corrected chi connectivity index (χ0v) is 19.2. The van der Waals surface area contributed by atoms with Crippen LogP contribution < -0.4 is 10.6 Å². The van der Waals surface area contributed by atoms with Crippen molar-refractivity contribution in [2.75, 3.05) is 5.32 Å². The first kappa shape index (κ1) is 21.2. The Hall–Kier alpha value is -3.65. The van der Waals surface area contributed by atoms with Crippen LogP contribution in [0, 0.1) is 0 Å². The van der Waals surface area contributed by atoms with E-state index in [0.717, 1.165) is 35.5 Å².